The van der Waals surface area contributed by atoms with Gasteiger partial charge in [-0.05, 0) is 0 Å². The Labute approximate surface area is 137 Å². The van der Waals surface area contributed by atoms with Crippen LogP contribution in [0, 0.1) is 0 Å². The van der Waals surface area contributed by atoms with Gasteiger partial charge in [0.25, 0.3) is 0 Å². The highest BCUT2D eigenvalue weighted by Crippen LogP contribution is 2.32. The fraction of sp³-hybridized carbons (Fsp3) is 0.500. The minimum atomic E-state index is -5.73. The number of hydrogen-bond acceptors (Lipinski definition) is 9. The molecule has 9 nitrogen and oxygen atoms in total. The second kappa shape index (κ2) is 6.19. The lowest BCUT2D eigenvalue weighted by Gasteiger charge is -2.32. The highest BCUT2D eigenvalue weighted by atomic mass is 32.8. The van der Waals surface area contributed by atoms with Crippen molar-refractivity contribution in [2.75, 3.05) is 25.0 Å². The molecule has 0 saturated carbocycles. The van der Waals surface area contributed by atoms with Crippen LogP contribution in [0.2, 0.25) is 0 Å². The minimum absolute atomic E-state index is 0.384. The van der Waals surface area contributed by atoms with Crippen molar-refractivity contribution < 1.29 is 37.8 Å². The first-order valence-electron chi connectivity index (χ1n) is 5.58. The maximum atomic E-state index is 12.1. The molecule has 0 rings (SSSR count). The molecule has 0 fully saturated rings. The Balaban J connectivity index is 7.33. The third-order valence-electron chi connectivity index (χ3n) is 2.80. The summed E-state index contributed by atoms with van der Waals surface area (Å²) in [6.07, 6.45) is 1.81. The maximum Gasteiger partial charge on any atom is 0.569 e. The second-order valence-corrected chi connectivity index (χ2v) is 33.4. The van der Waals surface area contributed by atoms with Crippen LogP contribution in [0.3, 0.4) is 0 Å². The first kappa shape index (κ1) is 22.7. The summed E-state index contributed by atoms with van der Waals surface area (Å²) in [5.41, 5.74) is 1.44. The fourth-order valence-electron chi connectivity index (χ4n) is 1.79. The van der Waals surface area contributed by atoms with Gasteiger partial charge in [-0.3, -0.25) is 0 Å². The van der Waals surface area contributed by atoms with Crippen LogP contribution in [0.4, 0.5) is 0 Å². The van der Waals surface area contributed by atoms with Crippen molar-refractivity contribution in [2.45, 2.75) is 0 Å². The molecule has 0 saturated heterocycles. The number of rotatable bonds is 8. The van der Waals surface area contributed by atoms with Gasteiger partial charge in [0.1, 0.15) is 0 Å². The zero-order valence-electron chi connectivity index (χ0n) is 12.9. The lowest BCUT2D eigenvalue weighted by Crippen LogP contribution is -2.66. The zero-order valence-corrected chi connectivity index (χ0v) is 18.1. The van der Waals surface area contributed by atoms with Crippen LogP contribution in [0.5, 0.6) is 0 Å². The Morgan fingerprint density at radius 2 is 0.913 bits per heavy atom. The molecule has 0 radical (unpaired) electrons. The van der Waals surface area contributed by atoms with Crippen molar-refractivity contribution in [2.24, 2.45) is 0 Å². The van der Waals surface area contributed by atoms with Crippen LogP contribution in [-0.4, -0.2) is 71.9 Å². The highest BCUT2D eigenvalue weighted by Gasteiger charge is 2.71. The molecule has 0 N–H and O–H groups in total. The van der Waals surface area contributed by atoms with Crippen molar-refractivity contribution in [3.8, 4) is 0 Å². The lowest BCUT2D eigenvalue weighted by molar-refractivity contribution is 0.557. The monoisotopic (exact) mass is 442 g/mol. The average Bonchev–Trinajstić information content (AvgIpc) is 2.23. The Hall–Kier alpha value is -0.326. The highest BCUT2D eigenvalue weighted by molar-refractivity contribution is 8.72. The first-order valence-corrected chi connectivity index (χ1v) is 20.0. The van der Waals surface area contributed by atoms with Crippen molar-refractivity contribution >= 4 is 50.4 Å². The Kier molecular flexibility index (Phi) is 6.11. The van der Waals surface area contributed by atoms with E-state index < -0.39 is 50.4 Å². The van der Waals surface area contributed by atoms with E-state index in [-0.39, 0.29) is 0 Å². The largest absolute Gasteiger partial charge is 0.569 e. The van der Waals surface area contributed by atoms with E-state index in [1.165, 1.54) is 0 Å². The van der Waals surface area contributed by atoms with Gasteiger partial charge >= 0.3 is 13.2 Å². The summed E-state index contributed by atoms with van der Waals surface area (Å²) in [4.78, 5) is 0. The molecule has 0 amide bonds. The molecule has 0 atom stereocenters. The van der Waals surface area contributed by atoms with Gasteiger partial charge in [0.2, 0.25) is 0 Å². The maximum absolute atomic E-state index is 12.1. The number of hydrogen-bond donors (Lipinski definition) is 0. The van der Waals surface area contributed by atoms with Gasteiger partial charge < -0.3 is 4.12 Å². The van der Waals surface area contributed by atoms with E-state index >= 15 is 0 Å². The molecule has 0 aliphatic rings. The molecule has 15 heteroatoms. The van der Waals surface area contributed by atoms with E-state index in [4.69, 9.17) is 4.12 Å². The standard InChI is InChI=1S/C8H18O9S4Si2/c1-7-22(8-2,18(3,9)10)17-23(19(4,11)12,20(5,13)14)21(6,15)16/h7-8H,1-2H2,3-6H3. The summed E-state index contributed by atoms with van der Waals surface area (Å²) in [7, 11) is -23.2. The second-order valence-electron chi connectivity index (χ2n) is 4.82. The van der Waals surface area contributed by atoms with Crippen molar-refractivity contribution in [3.05, 3.63) is 24.6 Å². The molecule has 0 aliphatic heterocycles. The summed E-state index contributed by atoms with van der Waals surface area (Å²) >= 11 is 0. The molecule has 136 valence electrons. The molecule has 23 heavy (non-hydrogen) atoms. The zero-order chi connectivity index (χ0) is 19.1. The van der Waals surface area contributed by atoms with Crippen LogP contribution in [-0.2, 0) is 41.3 Å². The van der Waals surface area contributed by atoms with Crippen molar-refractivity contribution in [3.63, 3.8) is 0 Å². The topological polar surface area (TPSA) is 146 Å². The van der Waals surface area contributed by atoms with E-state index in [9.17, 15) is 33.7 Å². The van der Waals surface area contributed by atoms with E-state index in [0.717, 1.165) is 11.4 Å². The molecular weight excluding hydrogens is 425 g/mol. The summed E-state index contributed by atoms with van der Waals surface area (Å²) in [6, 6.07) is 0. The van der Waals surface area contributed by atoms with Gasteiger partial charge in [-0.2, -0.15) is 0 Å². The van der Waals surface area contributed by atoms with Crippen molar-refractivity contribution in [1.29, 1.82) is 0 Å². The van der Waals surface area contributed by atoms with Crippen molar-refractivity contribution in [1.82, 2.24) is 0 Å². The molecule has 0 aromatic rings. The molecule has 0 aromatic carbocycles. The van der Waals surface area contributed by atoms with E-state index in [2.05, 4.69) is 13.2 Å². The summed E-state index contributed by atoms with van der Waals surface area (Å²) < 4.78 is 102. The smallest absolute Gasteiger partial charge is 0.406 e. The predicted octanol–water partition coefficient (Wildman–Crippen LogP) is -1.49. The molecular formula is C8H18O9S4Si2. The van der Waals surface area contributed by atoms with Gasteiger partial charge in [0, 0.05) is 25.0 Å². The van der Waals surface area contributed by atoms with Gasteiger partial charge in [-0.15, -0.1) is 13.2 Å². The third-order valence-corrected chi connectivity index (χ3v) is 42.1. The fourth-order valence-corrected chi connectivity index (χ4v) is 42.2. The Bertz CT molecular complexity index is 839. The quantitative estimate of drug-likeness (QED) is 0.410. The molecule has 0 unspecified atom stereocenters. The van der Waals surface area contributed by atoms with Gasteiger partial charge in [-0.1, -0.05) is 11.4 Å². The Morgan fingerprint density at radius 1 is 0.652 bits per heavy atom. The molecule has 0 aliphatic carbocycles. The minimum Gasteiger partial charge on any atom is -0.406 e. The molecule has 0 heterocycles. The Morgan fingerprint density at radius 3 is 1.04 bits per heavy atom. The molecule has 0 aromatic heterocycles. The molecule has 0 spiro atoms. The van der Waals surface area contributed by atoms with Crippen LogP contribution in [0.15, 0.2) is 24.6 Å². The van der Waals surface area contributed by atoms with E-state index in [1.807, 2.05) is 0 Å². The first-order chi connectivity index (χ1) is 9.83. The van der Waals surface area contributed by atoms with Gasteiger partial charge in [-0.25, -0.2) is 33.7 Å². The third kappa shape index (κ3) is 3.69. The lowest BCUT2D eigenvalue weighted by atomic mass is 11.2. The summed E-state index contributed by atoms with van der Waals surface area (Å²) in [5, 5.41) is 0. The van der Waals surface area contributed by atoms with E-state index in [1.54, 1.807) is 0 Å². The molecule has 0 bridgehead atoms. The van der Waals surface area contributed by atoms with Crippen LogP contribution >= 0.6 is 0 Å². The van der Waals surface area contributed by atoms with Crippen LogP contribution in [0.1, 0.15) is 0 Å². The average molecular weight is 443 g/mol. The SMILES string of the molecule is C=C[Si](C=C)(O[Si](S(C)(=O)=O)(S(C)(=O)=O)S(C)(=O)=O)S(C)(=O)=O. The van der Waals surface area contributed by atoms with Gasteiger partial charge in [0.15, 0.2) is 37.1 Å². The summed E-state index contributed by atoms with van der Waals surface area (Å²) in [6.45, 7) is 6.45. The predicted molar refractivity (Wildman–Crippen MR) is 92.4 cm³/mol. The van der Waals surface area contributed by atoms with Gasteiger partial charge in [0.05, 0.1) is 0 Å². The van der Waals surface area contributed by atoms with E-state index in [0.29, 0.717) is 25.0 Å². The van der Waals surface area contributed by atoms with Crippen LogP contribution in [0.25, 0.3) is 0 Å². The summed E-state index contributed by atoms with van der Waals surface area (Å²) in [5.74, 6) is -5.73. The normalized spacial score (nSPS) is 15.1. The van der Waals surface area contributed by atoms with Crippen LogP contribution < -0.4 is 0 Å².